The number of hydrogen-bond donors (Lipinski definition) is 0. The summed E-state index contributed by atoms with van der Waals surface area (Å²) in [5.74, 6) is 0. The van der Waals surface area contributed by atoms with Crippen molar-refractivity contribution in [1.29, 1.82) is 0 Å². The van der Waals surface area contributed by atoms with Gasteiger partial charge in [0.2, 0.25) is 0 Å². The van der Waals surface area contributed by atoms with Crippen molar-refractivity contribution in [2.24, 2.45) is 0 Å². The van der Waals surface area contributed by atoms with Crippen LogP contribution in [0.4, 0.5) is 0 Å². The maximum atomic E-state index is 2.39. The highest BCUT2D eigenvalue weighted by atomic mass is 32.1. The second-order valence-corrected chi connectivity index (χ2v) is 8.97. The Labute approximate surface area is 138 Å². The topological polar surface area (TPSA) is 0 Å². The molecular formula is C19H28S2. The van der Waals surface area contributed by atoms with Crippen LogP contribution in [0.3, 0.4) is 0 Å². The average molecular weight is 321 g/mol. The molecular weight excluding hydrogens is 292 g/mol. The molecule has 0 aliphatic heterocycles. The molecule has 0 unspecified atom stereocenters. The Kier molecular flexibility index (Phi) is 4.99. The first-order chi connectivity index (χ1) is 9.89. The first-order valence-corrected chi connectivity index (χ1v) is 9.70. The summed E-state index contributed by atoms with van der Waals surface area (Å²) in [5, 5.41) is 0. The molecule has 0 saturated heterocycles. The van der Waals surface area contributed by atoms with Crippen LogP contribution in [0.15, 0.2) is 24.3 Å². The summed E-state index contributed by atoms with van der Waals surface area (Å²) < 4.78 is 0. The van der Waals surface area contributed by atoms with Gasteiger partial charge in [0.25, 0.3) is 0 Å². The quantitative estimate of drug-likeness (QED) is 0.542. The molecule has 0 nitrogen and oxygen atoms in total. The highest BCUT2D eigenvalue weighted by Crippen LogP contribution is 2.46. The van der Waals surface area contributed by atoms with Crippen molar-refractivity contribution in [2.75, 3.05) is 0 Å². The number of rotatable bonds is 6. The normalized spacial score (nSPS) is 12.9. The van der Waals surface area contributed by atoms with Gasteiger partial charge in [-0.05, 0) is 55.9 Å². The molecule has 0 spiro atoms. The molecule has 2 heterocycles. The summed E-state index contributed by atoms with van der Waals surface area (Å²) in [5.41, 5.74) is 0.507. The minimum atomic E-state index is 0.214. The van der Waals surface area contributed by atoms with Gasteiger partial charge in [0.15, 0.2) is 0 Å². The first-order valence-electron chi connectivity index (χ1n) is 8.07. The lowest BCUT2D eigenvalue weighted by Gasteiger charge is -2.30. The van der Waals surface area contributed by atoms with Crippen LogP contribution < -0.4 is 0 Å². The van der Waals surface area contributed by atoms with Crippen LogP contribution in [0.5, 0.6) is 0 Å². The first kappa shape index (κ1) is 16.8. The van der Waals surface area contributed by atoms with Gasteiger partial charge in [-0.1, -0.05) is 34.6 Å². The van der Waals surface area contributed by atoms with E-state index in [1.807, 2.05) is 22.7 Å². The van der Waals surface area contributed by atoms with E-state index in [2.05, 4.69) is 65.8 Å². The van der Waals surface area contributed by atoms with Gasteiger partial charge in [-0.2, -0.15) is 0 Å². The Balaban J connectivity index is 2.49. The maximum absolute atomic E-state index is 2.39. The van der Waals surface area contributed by atoms with Crippen molar-refractivity contribution in [3.05, 3.63) is 43.8 Å². The second-order valence-electron chi connectivity index (χ2n) is 6.60. The second kappa shape index (κ2) is 6.26. The molecule has 2 rings (SSSR count). The zero-order chi connectivity index (χ0) is 15.7. The van der Waals surface area contributed by atoms with Crippen molar-refractivity contribution in [3.8, 4) is 0 Å². The third kappa shape index (κ3) is 2.98. The summed E-state index contributed by atoms with van der Waals surface area (Å²) in [6.07, 6.45) is 3.54. The van der Waals surface area contributed by atoms with Gasteiger partial charge in [-0.15, -0.1) is 22.7 Å². The molecule has 2 heteroatoms. The summed E-state index contributed by atoms with van der Waals surface area (Å²) in [6, 6.07) is 9.37. The van der Waals surface area contributed by atoms with E-state index in [0.717, 1.165) is 0 Å². The van der Waals surface area contributed by atoms with Gasteiger partial charge in [-0.25, -0.2) is 0 Å². The smallest absolute Gasteiger partial charge is 0.0385 e. The van der Waals surface area contributed by atoms with E-state index < -0.39 is 0 Å². The molecule has 0 amide bonds. The number of hydrogen-bond acceptors (Lipinski definition) is 2. The summed E-state index contributed by atoms with van der Waals surface area (Å²) >= 11 is 4.00. The van der Waals surface area contributed by atoms with E-state index in [9.17, 15) is 0 Å². The van der Waals surface area contributed by atoms with Crippen LogP contribution in [0.2, 0.25) is 0 Å². The summed E-state index contributed by atoms with van der Waals surface area (Å²) in [7, 11) is 0. The third-order valence-corrected chi connectivity index (χ3v) is 7.91. The molecule has 0 fully saturated rings. The molecule has 116 valence electrons. The molecule has 2 aromatic rings. The molecule has 0 radical (unpaired) electrons. The van der Waals surface area contributed by atoms with E-state index >= 15 is 0 Å². The van der Waals surface area contributed by atoms with Crippen LogP contribution >= 0.6 is 22.7 Å². The standard InChI is InChI=1S/C19H28S2/c1-7-18(5,6)15-12-13-17(21-15)19(8-2,9-3)16-11-10-14(4)20-16/h10-13H,7-9H2,1-6H3. The Bertz CT molecular complexity index is 582. The van der Waals surface area contributed by atoms with Crippen molar-refractivity contribution < 1.29 is 0 Å². The van der Waals surface area contributed by atoms with Gasteiger partial charge in [-0.3, -0.25) is 0 Å². The summed E-state index contributed by atoms with van der Waals surface area (Å²) in [4.78, 5) is 6.03. The number of thiophene rings is 2. The van der Waals surface area contributed by atoms with E-state index in [4.69, 9.17) is 0 Å². The highest BCUT2D eigenvalue weighted by molar-refractivity contribution is 7.13. The minimum absolute atomic E-state index is 0.214. The highest BCUT2D eigenvalue weighted by Gasteiger charge is 2.34. The minimum Gasteiger partial charge on any atom is -0.145 e. The predicted octanol–water partition coefficient (Wildman–Crippen LogP) is 6.91. The molecule has 21 heavy (non-hydrogen) atoms. The van der Waals surface area contributed by atoms with Crippen molar-refractivity contribution in [1.82, 2.24) is 0 Å². The maximum Gasteiger partial charge on any atom is 0.0385 e. The Hall–Kier alpha value is -0.600. The Morgan fingerprint density at radius 2 is 1.29 bits per heavy atom. The fourth-order valence-corrected chi connectivity index (χ4v) is 5.69. The van der Waals surface area contributed by atoms with Gasteiger partial charge < -0.3 is 0 Å². The van der Waals surface area contributed by atoms with E-state index in [1.165, 1.54) is 33.9 Å². The Morgan fingerprint density at radius 3 is 1.76 bits per heavy atom. The van der Waals surface area contributed by atoms with Crippen LogP contribution in [0.1, 0.15) is 73.4 Å². The van der Waals surface area contributed by atoms with Gasteiger partial charge in [0.1, 0.15) is 0 Å². The fourth-order valence-electron chi connectivity index (χ4n) is 2.89. The number of aryl methyl sites for hydroxylation is 1. The van der Waals surface area contributed by atoms with Gasteiger partial charge in [0, 0.05) is 24.9 Å². The average Bonchev–Trinajstić information content (AvgIpc) is 3.11. The molecule has 0 saturated carbocycles. The summed E-state index contributed by atoms with van der Waals surface area (Å²) in [6.45, 7) is 13.9. The lowest BCUT2D eigenvalue weighted by atomic mass is 9.79. The van der Waals surface area contributed by atoms with E-state index in [-0.39, 0.29) is 5.41 Å². The van der Waals surface area contributed by atoms with E-state index in [1.54, 1.807) is 4.88 Å². The fraction of sp³-hybridized carbons (Fsp3) is 0.579. The lowest BCUT2D eigenvalue weighted by Crippen LogP contribution is -2.23. The Morgan fingerprint density at radius 1 is 0.762 bits per heavy atom. The third-order valence-electron chi connectivity index (χ3n) is 5.05. The largest absolute Gasteiger partial charge is 0.145 e. The zero-order valence-electron chi connectivity index (χ0n) is 14.2. The van der Waals surface area contributed by atoms with Gasteiger partial charge in [0.05, 0.1) is 0 Å². The molecule has 0 atom stereocenters. The molecule has 0 N–H and O–H groups in total. The lowest BCUT2D eigenvalue weighted by molar-refractivity contribution is 0.497. The monoisotopic (exact) mass is 320 g/mol. The molecule has 0 aliphatic carbocycles. The van der Waals surface area contributed by atoms with Crippen molar-refractivity contribution in [2.45, 2.75) is 71.6 Å². The molecule has 0 aromatic carbocycles. The van der Waals surface area contributed by atoms with Crippen molar-refractivity contribution >= 4 is 22.7 Å². The molecule has 0 aliphatic rings. The van der Waals surface area contributed by atoms with Crippen LogP contribution in [0.25, 0.3) is 0 Å². The van der Waals surface area contributed by atoms with E-state index in [0.29, 0.717) is 5.41 Å². The van der Waals surface area contributed by atoms with Gasteiger partial charge >= 0.3 is 0 Å². The predicted molar refractivity (Wildman–Crippen MR) is 98.1 cm³/mol. The van der Waals surface area contributed by atoms with Crippen molar-refractivity contribution in [3.63, 3.8) is 0 Å². The van der Waals surface area contributed by atoms with Crippen LogP contribution in [-0.4, -0.2) is 0 Å². The molecule has 0 bridgehead atoms. The van der Waals surface area contributed by atoms with Crippen LogP contribution in [0, 0.1) is 6.92 Å². The molecule has 2 aromatic heterocycles. The zero-order valence-corrected chi connectivity index (χ0v) is 15.9. The SMILES string of the molecule is CCC(C)(C)c1ccc(C(CC)(CC)c2ccc(C)s2)s1. The van der Waals surface area contributed by atoms with Crippen LogP contribution in [-0.2, 0) is 10.8 Å².